The number of hydrogen-bond acceptors (Lipinski definition) is 6. The monoisotopic (exact) mass is 346 g/mol. The number of hydrogen-bond donors (Lipinski definition) is 1. The van der Waals surface area contributed by atoms with Crippen LogP contribution in [0.4, 0.5) is 0 Å². The Bertz CT molecular complexity index is 967. The predicted molar refractivity (Wildman–Crippen MR) is 85.0 cm³/mol. The number of nitrogens with one attached hydrogen (secondary N) is 1. The van der Waals surface area contributed by atoms with Gasteiger partial charge < -0.3 is 0 Å². The van der Waals surface area contributed by atoms with Gasteiger partial charge in [-0.3, -0.25) is 9.78 Å². The van der Waals surface area contributed by atoms with Gasteiger partial charge in [0.05, 0.1) is 6.54 Å². The van der Waals surface area contributed by atoms with Gasteiger partial charge in [-0.25, -0.2) is 22.5 Å². The van der Waals surface area contributed by atoms with Crippen LogP contribution in [-0.2, 0) is 16.6 Å². The zero-order chi connectivity index (χ0) is 17.0. The molecule has 0 saturated heterocycles. The van der Waals surface area contributed by atoms with Gasteiger partial charge in [0, 0.05) is 37.4 Å². The van der Waals surface area contributed by atoms with Crippen molar-refractivity contribution in [3.8, 4) is 5.82 Å². The molecular weight excluding hydrogens is 332 g/mol. The van der Waals surface area contributed by atoms with E-state index in [2.05, 4.69) is 19.9 Å². The molecule has 0 spiro atoms. The molecule has 0 saturated carbocycles. The van der Waals surface area contributed by atoms with E-state index in [1.54, 1.807) is 24.5 Å². The topological polar surface area (TPSA) is 112 Å². The fourth-order valence-electron chi connectivity index (χ4n) is 2.00. The number of pyridine rings is 1. The standard InChI is InChI=1S/C14H14N6O3S/c21-14-5-4-13(19-9-2-7-16-19)18-20(14)10-8-17-24(22,23)12-3-1-6-15-11-12/h1-7,9,11,17H,8,10H2. The molecule has 0 aliphatic carbocycles. The Morgan fingerprint density at radius 1 is 1.12 bits per heavy atom. The second-order valence-electron chi connectivity index (χ2n) is 4.79. The lowest BCUT2D eigenvalue weighted by Gasteiger charge is -2.08. The molecule has 0 amide bonds. The van der Waals surface area contributed by atoms with Crippen molar-refractivity contribution in [2.75, 3.05) is 6.54 Å². The minimum atomic E-state index is -3.67. The third-order valence-corrected chi connectivity index (χ3v) is 4.60. The number of aromatic nitrogens is 5. The van der Waals surface area contributed by atoms with Crippen molar-refractivity contribution in [1.82, 2.24) is 29.3 Å². The van der Waals surface area contributed by atoms with Crippen LogP contribution in [0.5, 0.6) is 0 Å². The van der Waals surface area contributed by atoms with E-state index in [-0.39, 0.29) is 23.5 Å². The summed E-state index contributed by atoms with van der Waals surface area (Å²) in [5.41, 5.74) is -0.327. The van der Waals surface area contributed by atoms with Gasteiger partial charge in [-0.1, -0.05) is 0 Å². The molecule has 0 radical (unpaired) electrons. The van der Waals surface area contributed by atoms with Gasteiger partial charge in [0.25, 0.3) is 5.56 Å². The maximum Gasteiger partial charge on any atom is 0.266 e. The molecule has 0 aliphatic heterocycles. The van der Waals surface area contributed by atoms with Crippen LogP contribution in [0.3, 0.4) is 0 Å². The van der Waals surface area contributed by atoms with Crippen molar-refractivity contribution in [2.24, 2.45) is 0 Å². The molecule has 3 rings (SSSR count). The zero-order valence-electron chi connectivity index (χ0n) is 12.5. The van der Waals surface area contributed by atoms with E-state index in [9.17, 15) is 13.2 Å². The van der Waals surface area contributed by atoms with E-state index in [0.717, 1.165) is 0 Å². The summed E-state index contributed by atoms with van der Waals surface area (Å²) in [5.74, 6) is 0.467. The van der Waals surface area contributed by atoms with Crippen molar-refractivity contribution >= 4 is 10.0 Å². The van der Waals surface area contributed by atoms with Crippen LogP contribution in [0.25, 0.3) is 5.82 Å². The van der Waals surface area contributed by atoms with E-state index < -0.39 is 10.0 Å². The van der Waals surface area contributed by atoms with Crippen LogP contribution in [-0.4, -0.2) is 39.5 Å². The smallest absolute Gasteiger partial charge is 0.266 e. The highest BCUT2D eigenvalue weighted by atomic mass is 32.2. The summed E-state index contributed by atoms with van der Waals surface area (Å²) >= 11 is 0. The molecule has 0 fully saturated rings. The van der Waals surface area contributed by atoms with Crippen LogP contribution >= 0.6 is 0 Å². The van der Waals surface area contributed by atoms with Crippen molar-refractivity contribution in [1.29, 1.82) is 0 Å². The van der Waals surface area contributed by atoms with Gasteiger partial charge in [-0.05, 0) is 24.3 Å². The molecule has 124 valence electrons. The summed E-state index contributed by atoms with van der Waals surface area (Å²) in [6.07, 6.45) is 6.04. The van der Waals surface area contributed by atoms with Crippen LogP contribution < -0.4 is 10.3 Å². The maximum atomic E-state index is 12.1. The van der Waals surface area contributed by atoms with Gasteiger partial charge in [0.15, 0.2) is 5.82 Å². The van der Waals surface area contributed by atoms with Gasteiger partial charge in [0.1, 0.15) is 4.90 Å². The normalized spacial score (nSPS) is 11.5. The Balaban J connectivity index is 1.71. The number of rotatable bonds is 6. The summed E-state index contributed by atoms with van der Waals surface area (Å²) in [4.78, 5) is 15.7. The predicted octanol–water partition coefficient (Wildman–Crippen LogP) is -0.197. The summed E-state index contributed by atoms with van der Waals surface area (Å²) in [6.45, 7) is 0.111. The van der Waals surface area contributed by atoms with Crippen molar-refractivity contribution in [3.63, 3.8) is 0 Å². The lowest BCUT2D eigenvalue weighted by Crippen LogP contribution is -2.32. The van der Waals surface area contributed by atoms with Crippen molar-refractivity contribution in [2.45, 2.75) is 11.4 Å². The van der Waals surface area contributed by atoms with E-state index in [1.807, 2.05) is 0 Å². The Morgan fingerprint density at radius 2 is 2.00 bits per heavy atom. The van der Waals surface area contributed by atoms with Gasteiger partial charge in [0.2, 0.25) is 10.0 Å². The Morgan fingerprint density at radius 3 is 2.71 bits per heavy atom. The molecule has 3 aromatic rings. The average Bonchev–Trinajstić information content (AvgIpc) is 3.12. The largest absolute Gasteiger partial charge is 0.268 e. The first-order valence-electron chi connectivity index (χ1n) is 7.04. The van der Waals surface area contributed by atoms with E-state index in [0.29, 0.717) is 5.82 Å². The molecule has 0 bridgehead atoms. The third-order valence-electron chi connectivity index (χ3n) is 3.15. The molecule has 1 N–H and O–H groups in total. The fourth-order valence-corrected chi connectivity index (χ4v) is 2.98. The summed E-state index contributed by atoms with van der Waals surface area (Å²) in [7, 11) is -3.67. The van der Waals surface area contributed by atoms with Crippen LogP contribution in [0.1, 0.15) is 0 Å². The highest BCUT2D eigenvalue weighted by Gasteiger charge is 2.13. The molecule has 0 atom stereocenters. The first-order chi connectivity index (χ1) is 11.6. The molecule has 3 aromatic heterocycles. The van der Waals surface area contributed by atoms with Crippen LogP contribution in [0.2, 0.25) is 0 Å². The van der Waals surface area contributed by atoms with Crippen molar-refractivity contribution in [3.05, 3.63) is 65.5 Å². The number of sulfonamides is 1. The third kappa shape index (κ3) is 3.55. The molecule has 3 heterocycles. The highest BCUT2D eigenvalue weighted by molar-refractivity contribution is 7.89. The Hall–Kier alpha value is -2.85. The average molecular weight is 346 g/mol. The first kappa shape index (κ1) is 16.0. The van der Waals surface area contributed by atoms with Crippen LogP contribution in [0, 0.1) is 0 Å². The van der Waals surface area contributed by atoms with Crippen molar-refractivity contribution < 1.29 is 8.42 Å². The molecule has 24 heavy (non-hydrogen) atoms. The second-order valence-corrected chi connectivity index (χ2v) is 6.56. The SMILES string of the molecule is O=c1ccc(-n2cccn2)nn1CCNS(=O)(=O)c1cccnc1. The minimum absolute atomic E-state index is 0.0205. The van der Waals surface area contributed by atoms with Crippen LogP contribution in [0.15, 0.2) is 64.8 Å². The van der Waals surface area contributed by atoms with Gasteiger partial charge >= 0.3 is 0 Å². The quantitative estimate of drug-likeness (QED) is 0.662. The first-order valence-corrected chi connectivity index (χ1v) is 8.52. The summed E-state index contributed by atoms with van der Waals surface area (Å²) in [6, 6.07) is 7.62. The van der Waals surface area contributed by atoms with E-state index in [4.69, 9.17) is 0 Å². The lowest BCUT2D eigenvalue weighted by molar-refractivity contribution is 0.542. The second kappa shape index (κ2) is 6.72. The van der Waals surface area contributed by atoms with Gasteiger partial charge in [-0.2, -0.15) is 5.10 Å². The fraction of sp³-hybridized carbons (Fsp3) is 0.143. The van der Waals surface area contributed by atoms with E-state index in [1.165, 1.54) is 40.0 Å². The summed E-state index contributed by atoms with van der Waals surface area (Å²) < 4.78 is 29.3. The molecule has 0 aromatic carbocycles. The summed E-state index contributed by atoms with van der Waals surface area (Å²) in [5, 5.41) is 8.20. The zero-order valence-corrected chi connectivity index (χ0v) is 13.3. The number of nitrogens with zero attached hydrogens (tertiary/aromatic N) is 5. The highest BCUT2D eigenvalue weighted by Crippen LogP contribution is 2.04. The molecular formula is C14H14N6O3S. The minimum Gasteiger partial charge on any atom is -0.268 e. The van der Waals surface area contributed by atoms with E-state index >= 15 is 0 Å². The Labute approximate surface area is 137 Å². The maximum absolute atomic E-state index is 12.1. The lowest BCUT2D eigenvalue weighted by atomic mass is 10.5. The molecule has 10 heteroatoms. The molecule has 9 nitrogen and oxygen atoms in total. The molecule has 0 unspecified atom stereocenters. The molecule has 0 aliphatic rings. The van der Waals surface area contributed by atoms with Gasteiger partial charge in [-0.15, -0.1) is 5.10 Å². The Kier molecular flexibility index (Phi) is 4.49.